The average Bonchev–Trinajstić information content (AvgIpc) is 2.92. The van der Waals surface area contributed by atoms with Crippen LogP contribution in [0.2, 0.25) is 0 Å². The number of ether oxygens (including phenoxy) is 1. The average molecular weight is 306 g/mol. The Bertz CT molecular complexity index is 522. The Balaban J connectivity index is 1.61. The van der Waals surface area contributed by atoms with Crippen LogP contribution in [0.15, 0.2) is 12.4 Å². The van der Waals surface area contributed by atoms with E-state index in [0.29, 0.717) is 26.2 Å². The van der Waals surface area contributed by atoms with E-state index in [1.54, 1.807) is 0 Å². The summed E-state index contributed by atoms with van der Waals surface area (Å²) in [6.45, 7) is 4.52. The number of aromatic nitrogens is 2. The Kier molecular flexibility index (Phi) is 4.49. The standard InChI is InChI=1S/C16H26N4O2/c1-13-9-18-20(10-13)12-14-11-19(7-8-22-14)15(21)16(17)5-3-2-4-6-16/h9-10,14H,2-8,11-12,17H2,1H3. The van der Waals surface area contributed by atoms with Crippen molar-refractivity contribution in [2.45, 2.75) is 57.2 Å². The highest BCUT2D eigenvalue weighted by atomic mass is 16.5. The first-order chi connectivity index (χ1) is 10.6. The summed E-state index contributed by atoms with van der Waals surface area (Å²) in [5, 5.41) is 4.29. The van der Waals surface area contributed by atoms with Gasteiger partial charge in [0.2, 0.25) is 5.91 Å². The van der Waals surface area contributed by atoms with Crippen LogP contribution in [0.3, 0.4) is 0 Å². The van der Waals surface area contributed by atoms with Crippen molar-refractivity contribution in [1.29, 1.82) is 0 Å². The van der Waals surface area contributed by atoms with Gasteiger partial charge in [0.25, 0.3) is 0 Å². The summed E-state index contributed by atoms with van der Waals surface area (Å²) in [6, 6.07) is 0. The van der Waals surface area contributed by atoms with E-state index in [4.69, 9.17) is 10.5 Å². The molecule has 3 rings (SSSR count). The fraction of sp³-hybridized carbons (Fsp3) is 0.750. The van der Waals surface area contributed by atoms with Gasteiger partial charge in [-0.2, -0.15) is 5.10 Å². The second-order valence-corrected chi connectivity index (χ2v) is 6.70. The summed E-state index contributed by atoms with van der Waals surface area (Å²) in [7, 11) is 0. The van der Waals surface area contributed by atoms with Crippen LogP contribution in [0, 0.1) is 6.92 Å². The van der Waals surface area contributed by atoms with Gasteiger partial charge in [-0.3, -0.25) is 9.48 Å². The fourth-order valence-electron chi connectivity index (χ4n) is 3.50. The van der Waals surface area contributed by atoms with Gasteiger partial charge in [-0.15, -0.1) is 0 Å². The number of hydrogen-bond donors (Lipinski definition) is 1. The summed E-state index contributed by atoms with van der Waals surface area (Å²) in [4.78, 5) is 14.7. The lowest BCUT2D eigenvalue weighted by Gasteiger charge is -2.40. The highest BCUT2D eigenvalue weighted by molar-refractivity contribution is 5.86. The van der Waals surface area contributed by atoms with Crippen LogP contribution in [0.5, 0.6) is 0 Å². The monoisotopic (exact) mass is 306 g/mol. The summed E-state index contributed by atoms with van der Waals surface area (Å²) in [6.07, 6.45) is 8.75. The molecule has 1 aliphatic carbocycles. The molecule has 0 spiro atoms. The van der Waals surface area contributed by atoms with Crippen molar-refractivity contribution in [2.24, 2.45) is 5.73 Å². The molecule has 2 aliphatic rings. The first kappa shape index (κ1) is 15.5. The van der Waals surface area contributed by atoms with Crippen molar-refractivity contribution < 1.29 is 9.53 Å². The van der Waals surface area contributed by atoms with E-state index in [9.17, 15) is 4.79 Å². The smallest absolute Gasteiger partial charge is 0.242 e. The lowest BCUT2D eigenvalue weighted by molar-refractivity contribution is -0.146. The minimum atomic E-state index is -0.650. The molecule has 6 nitrogen and oxygen atoms in total. The van der Waals surface area contributed by atoms with E-state index in [2.05, 4.69) is 5.10 Å². The maximum atomic E-state index is 12.8. The van der Waals surface area contributed by atoms with Gasteiger partial charge < -0.3 is 15.4 Å². The van der Waals surface area contributed by atoms with Gasteiger partial charge in [0.15, 0.2) is 0 Å². The molecule has 1 atom stereocenters. The number of carbonyl (C=O) groups is 1. The summed E-state index contributed by atoms with van der Waals surface area (Å²) in [5.74, 6) is 0.108. The predicted octanol–water partition coefficient (Wildman–Crippen LogP) is 1.08. The molecule has 1 aromatic rings. The number of rotatable bonds is 3. The van der Waals surface area contributed by atoms with Crippen molar-refractivity contribution in [3.8, 4) is 0 Å². The maximum absolute atomic E-state index is 12.8. The predicted molar refractivity (Wildman–Crippen MR) is 83.3 cm³/mol. The lowest BCUT2D eigenvalue weighted by atomic mass is 9.81. The second kappa shape index (κ2) is 6.38. The Morgan fingerprint density at radius 1 is 1.45 bits per heavy atom. The van der Waals surface area contributed by atoms with Crippen LogP contribution >= 0.6 is 0 Å². The zero-order valence-corrected chi connectivity index (χ0v) is 13.3. The number of hydrogen-bond acceptors (Lipinski definition) is 4. The molecule has 1 unspecified atom stereocenters. The van der Waals surface area contributed by atoms with Crippen LogP contribution in [0.25, 0.3) is 0 Å². The molecule has 1 aromatic heterocycles. The lowest BCUT2D eigenvalue weighted by Crippen LogP contribution is -2.59. The molecular weight excluding hydrogens is 280 g/mol. The highest BCUT2D eigenvalue weighted by Gasteiger charge is 2.39. The molecule has 0 aromatic carbocycles. The third kappa shape index (κ3) is 3.33. The number of carbonyl (C=O) groups excluding carboxylic acids is 1. The van der Waals surface area contributed by atoms with Crippen molar-refractivity contribution in [3.63, 3.8) is 0 Å². The van der Waals surface area contributed by atoms with E-state index in [1.165, 1.54) is 6.42 Å². The number of morpholine rings is 1. The van der Waals surface area contributed by atoms with Crippen molar-refractivity contribution in [2.75, 3.05) is 19.7 Å². The van der Waals surface area contributed by atoms with Gasteiger partial charge in [-0.05, 0) is 25.3 Å². The van der Waals surface area contributed by atoms with Gasteiger partial charge in [0.05, 0.1) is 31.0 Å². The van der Waals surface area contributed by atoms with E-state index in [0.717, 1.165) is 31.2 Å². The van der Waals surface area contributed by atoms with E-state index in [1.807, 2.05) is 28.9 Å². The van der Waals surface area contributed by atoms with Gasteiger partial charge in [-0.1, -0.05) is 19.3 Å². The van der Waals surface area contributed by atoms with E-state index in [-0.39, 0.29) is 12.0 Å². The number of amides is 1. The largest absolute Gasteiger partial charge is 0.373 e. The Morgan fingerprint density at radius 3 is 2.91 bits per heavy atom. The van der Waals surface area contributed by atoms with Crippen molar-refractivity contribution in [3.05, 3.63) is 18.0 Å². The van der Waals surface area contributed by atoms with Gasteiger partial charge >= 0.3 is 0 Å². The fourth-order valence-corrected chi connectivity index (χ4v) is 3.50. The third-order valence-corrected chi connectivity index (χ3v) is 4.75. The normalized spacial score (nSPS) is 25.2. The SMILES string of the molecule is Cc1cnn(CC2CN(C(=O)C3(N)CCCCC3)CCO2)c1. The van der Waals surface area contributed by atoms with Crippen LogP contribution in [0.4, 0.5) is 0 Å². The Labute approximate surface area is 131 Å². The zero-order chi connectivity index (χ0) is 15.6. The van der Waals surface area contributed by atoms with Crippen LogP contribution < -0.4 is 5.73 Å². The molecule has 22 heavy (non-hydrogen) atoms. The molecule has 0 bridgehead atoms. The summed E-state index contributed by atoms with van der Waals surface area (Å²) >= 11 is 0. The molecule has 1 saturated heterocycles. The van der Waals surface area contributed by atoms with Crippen LogP contribution in [-0.2, 0) is 16.1 Å². The van der Waals surface area contributed by atoms with Gasteiger partial charge in [-0.25, -0.2) is 0 Å². The molecule has 2 heterocycles. The number of nitrogens with zero attached hydrogens (tertiary/aromatic N) is 3. The molecule has 6 heteroatoms. The minimum Gasteiger partial charge on any atom is -0.373 e. The molecule has 122 valence electrons. The first-order valence-corrected chi connectivity index (χ1v) is 8.26. The van der Waals surface area contributed by atoms with E-state index >= 15 is 0 Å². The quantitative estimate of drug-likeness (QED) is 0.907. The number of aryl methyl sites for hydroxylation is 1. The van der Waals surface area contributed by atoms with Gasteiger partial charge in [0, 0.05) is 19.3 Å². The first-order valence-electron chi connectivity index (χ1n) is 8.26. The summed E-state index contributed by atoms with van der Waals surface area (Å²) in [5.41, 5.74) is 6.87. The molecule has 0 radical (unpaired) electrons. The molecule has 2 fully saturated rings. The number of nitrogens with two attached hydrogens (primary N) is 1. The summed E-state index contributed by atoms with van der Waals surface area (Å²) < 4.78 is 7.68. The Morgan fingerprint density at radius 2 is 2.23 bits per heavy atom. The van der Waals surface area contributed by atoms with E-state index < -0.39 is 5.54 Å². The second-order valence-electron chi connectivity index (χ2n) is 6.70. The highest BCUT2D eigenvalue weighted by Crippen LogP contribution is 2.28. The minimum absolute atomic E-state index is 0.0100. The maximum Gasteiger partial charge on any atom is 0.242 e. The third-order valence-electron chi connectivity index (χ3n) is 4.75. The molecule has 2 N–H and O–H groups in total. The van der Waals surface area contributed by atoms with Crippen molar-refractivity contribution >= 4 is 5.91 Å². The van der Waals surface area contributed by atoms with Gasteiger partial charge in [0.1, 0.15) is 0 Å². The Hall–Kier alpha value is -1.40. The molecule has 1 aliphatic heterocycles. The topological polar surface area (TPSA) is 73.4 Å². The zero-order valence-electron chi connectivity index (χ0n) is 13.3. The van der Waals surface area contributed by atoms with Crippen molar-refractivity contribution in [1.82, 2.24) is 14.7 Å². The molecule has 1 amide bonds. The van der Waals surface area contributed by atoms with Crippen LogP contribution in [-0.4, -0.2) is 51.9 Å². The van der Waals surface area contributed by atoms with Crippen LogP contribution in [0.1, 0.15) is 37.7 Å². The molecule has 1 saturated carbocycles. The molecular formula is C16H26N4O2.